The van der Waals surface area contributed by atoms with Gasteiger partial charge in [-0.2, -0.15) is 0 Å². The van der Waals surface area contributed by atoms with E-state index >= 15 is 0 Å². The molecule has 0 fully saturated rings. The zero-order valence-corrected chi connectivity index (χ0v) is 16.0. The van der Waals surface area contributed by atoms with Crippen LogP contribution in [0.1, 0.15) is 18.1 Å². The monoisotopic (exact) mass is 394 g/mol. The van der Waals surface area contributed by atoms with Crippen LogP contribution in [0.4, 0.5) is 0 Å². The Balaban J connectivity index is 2.23. The quantitative estimate of drug-likeness (QED) is 0.587. The first kappa shape index (κ1) is 18.1. The minimum absolute atomic E-state index is 0.0559. The number of hydrogen-bond donors (Lipinski definition) is 1. The molecule has 0 unspecified atom stereocenters. The number of aliphatic hydroxyl groups excluding tert-OH is 1. The Morgan fingerprint density at radius 1 is 0.960 bits per heavy atom. The van der Waals surface area contributed by atoms with E-state index in [4.69, 9.17) is 23.2 Å². The molecule has 0 aromatic heterocycles. The summed E-state index contributed by atoms with van der Waals surface area (Å²) in [6.45, 7) is 1.54. The zero-order valence-electron chi connectivity index (χ0n) is 13.6. The first-order valence-corrected chi connectivity index (χ1v) is 10.2. The van der Waals surface area contributed by atoms with E-state index in [0.717, 1.165) is 17.4 Å². The number of alkyl halides is 2. The van der Waals surface area contributed by atoms with Gasteiger partial charge < -0.3 is 5.11 Å². The standard InChI is InChI=1S/C19H16Cl2O3S/c1-12(22)17-16(13-6-4-3-5-7-13)18(19(17,20)21)14-8-10-15(11-9-14)25(2,23)24/h3-11,22H,1-2H3. The Morgan fingerprint density at radius 2 is 1.52 bits per heavy atom. The Hall–Kier alpha value is -1.75. The van der Waals surface area contributed by atoms with Crippen molar-refractivity contribution in [2.45, 2.75) is 16.2 Å². The molecule has 0 radical (unpaired) electrons. The number of aliphatic hydroxyl groups is 1. The highest BCUT2D eigenvalue weighted by Crippen LogP contribution is 2.60. The van der Waals surface area contributed by atoms with Crippen molar-refractivity contribution in [1.29, 1.82) is 0 Å². The molecular formula is C19H16Cl2O3S. The second-order valence-electron chi connectivity index (χ2n) is 5.95. The van der Waals surface area contributed by atoms with E-state index in [9.17, 15) is 13.5 Å². The molecule has 0 saturated carbocycles. The topological polar surface area (TPSA) is 54.4 Å². The zero-order chi connectivity index (χ0) is 18.4. The summed E-state index contributed by atoms with van der Waals surface area (Å²) in [7, 11) is -3.28. The third-order valence-corrected chi connectivity index (χ3v) is 6.01. The van der Waals surface area contributed by atoms with Crippen molar-refractivity contribution in [3.05, 3.63) is 77.1 Å². The van der Waals surface area contributed by atoms with Crippen molar-refractivity contribution in [1.82, 2.24) is 0 Å². The Morgan fingerprint density at radius 3 is 2.00 bits per heavy atom. The van der Waals surface area contributed by atoms with Crippen molar-refractivity contribution in [3.63, 3.8) is 0 Å². The molecular weight excluding hydrogens is 379 g/mol. The lowest BCUT2D eigenvalue weighted by atomic mass is 9.74. The van der Waals surface area contributed by atoms with Crippen LogP contribution < -0.4 is 0 Å². The van der Waals surface area contributed by atoms with E-state index in [0.29, 0.717) is 16.7 Å². The predicted octanol–water partition coefficient (Wildman–Crippen LogP) is 5.02. The van der Waals surface area contributed by atoms with Gasteiger partial charge in [0.05, 0.1) is 10.7 Å². The summed E-state index contributed by atoms with van der Waals surface area (Å²) in [5, 5.41) is 10.1. The van der Waals surface area contributed by atoms with Crippen molar-refractivity contribution < 1.29 is 13.5 Å². The molecule has 0 aliphatic heterocycles. The van der Waals surface area contributed by atoms with E-state index in [1.807, 2.05) is 30.3 Å². The van der Waals surface area contributed by atoms with Gasteiger partial charge in [0.15, 0.2) is 14.2 Å². The molecule has 0 spiro atoms. The summed E-state index contributed by atoms with van der Waals surface area (Å²) in [5.41, 5.74) is 3.46. The molecule has 1 aliphatic rings. The Kier molecular flexibility index (Phi) is 4.48. The Bertz CT molecular complexity index is 983. The first-order chi connectivity index (χ1) is 11.6. The van der Waals surface area contributed by atoms with E-state index in [1.165, 1.54) is 12.1 Å². The molecule has 2 aromatic carbocycles. The van der Waals surface area contributed by atoms with Crippen LogP contribution in [0.25, 0.3) is 11.1 Å². The lowest BCUT2D eigenvalue weighted by Gasteiger charge is -2.40. The normalized spacial score (nSPS) is 18.7. The van der Waals surface area contributed by atoms with Crippen LogP contribution in [-0.4, -0.2) is 24.1 Å². The fourth-order valence-electron chi connectivity index (χ4n) is 3.00. The van der Waals surface area contributed by atoms with Gasteiger partial charge in [-0.15, -0.1) is 0 Å². The summed E-state index contributed by atoms with van der Waals surface area (Å²) >= 11 is 13.0. The van der Waals surface area contributed by atoms with Crippen molar-refractivity contribution in [2.75, 3.05) is 6.26 Å². The summed E-state index contributed by atoms with van der Waals surface area (Å²) in [4.78, 5) is 0.223. The summed E-state index contributed by atoms with van der Waals surface area (Å²) < 4.78 is 21.9. The van der Waals surface area contributed by atoms with Crippen LogP contribution in [-0.2, 0) is 9.84 Å². The lowest BCUT2D eigenvalue weighted by Crippen LogP contribution is -2.32. The van der Waals surface area contributed by atoms with Crippen molar-refractivity contribution >= 4 is 44.2 Å². The third-order valence-electron chi connectivity index (χ3n) is 4.12. The summed E-state index contributed by atoms with van der Waals surface area (Å²) in [5.74, 6) is 0.0559. The molecule has 0 saturated heterocycles. The highest BCUT2D eigenvalue weighted by Gasteiger charge is 2.49. The van der Waals surface area contributed by atoms with Gasteiger partial charge in [-0.05, 0) is 35.8 Å². The summed E-state index contributed by atoms with van der Waals surface area (Å²) in [6.07, 6.45) is 1.16. The van der Waals surface area contributed by atoms with Crippen molar-refractivity contribution in [3.8, 4) is 0 Å². The minimum Gasteiger partial charge on any atom is -0.512 e. The predicted molar refractivity (Wildman–Crippen MR) is 103 cm³/mol. The molecule has 3 rings (SSSR count). The van der Waals surface area contributed by atoms with Crippen LogP contribution >= 0.6 is 23.2 Å². The number of halogens is 2. The molecule has 0 atom stereocenters. The van der Waals surface area contributed by atoms with Gasteiger partial charge in [-0.1, -0.05) is 65.7 Å². The first-order valence-electron chi connectivity index (χ1n) is 7.53. The molecule has 0 bridgehead atoms. The van der Waals surface area contributed by atoms with Gasteiger partial charge in [0.1, 0.15) is 0 Å². The molecule has 0 amide bonds. The Labute approximate surface area is 157 Å². The highest BCUT2D eigenvalue weighted by molar-refractivity contribution is 7.90. The van der Waals surface area contributed by atoms with Crippen LogP contribution in [0.3, 0.4) is 0 Å². The van der Waals surface area contributed by atoms with Gasteiger partial charge in [-0.25, -0.2) is 8.42 Å². The van der Waals surface area contributed by atoms with Gasteiger partial charge >= 0.3 is 0 Å². The molecule has 1 aliphatic carbocycles. The average Bonchev–Trinajstić information content (AvgIpc) is 2.53. The molecule has 2 aromatic rings. The number of allylic oxidation sites excluding steroid dienone is 4. The number of hydrogen-bond acceptors (Lipinski definition) is 3. The fourth-order valence-corrected chi connectivity index (χ4v) is 4.50. The summed E-state index contributed by atoms with van der Waals surface area (Å²) in [6, 6.07) is 15.9. The van der Waals surface area contributed by atoms with Crippen LogP contribution in [0.5, 0.6) is 0 Å². The number of rotatable bonds is 3. The highest BCUT2D eigenvalue weighted by atomic mass is 35.5. The van der Waals surface area contributed by atoms with Gasteiger partial charge in [0.2, 0.25) is 0 Å². The maximum absolute atomic E-state index is 11.6. The average molecular weight is 395 g/mol. The van der Waals surface area contributed by atoms with Crippen LogP contribution in [0.2, 0.25) is 0 Å². The van der Waals surface area contributed by atoms with Gasteiger partial charge in [0.25, 0.3) is 0 Å². The third kappa shape index (κ3) is 3.10. The SMILES string of the molecule is CC(O)=C1C(c2ccccc2)=C(c2ccc(S(C)(=O)=O)cc2)C1(Cl)Cl. The van der Waals surface area contributed by atoms with E-state index in [-0.39, 0.29) is 10.7 Å². The second-order valence-corrected chi connectivity index (χ2v) is 9.29. The smallest absolute Gasteiger partial charge is 0.175 e. The van der Waals surface area contributed by atoms with E-state index < -0.39 is 14.2 Å². The number of benzene rings is 2. The molecule has 130 valence electrons. The fraction of sp³-hybridized carbons (Fsp3) is 0.158. The maximum Gasteiger partial charge on any atom is 0.175 e. The molecule has 1 N–H and O–H groups in total. The van der Waals surface area contributed by atoms with Gasteiger partial charge in [-0.3, -0.25) is 0 Å². The largest absolute Gasteiger partial charge is 0.512 e. The van der Waals surface area contributed by atoms with Gasteiger partial charge in [0, 0.05) is 17.4 Å². The molecule has 25 heavy (non-hydrogen) atoms. The van der Waals surface area contributed by atoms with E-state index in [2.05, 4.69) is 0 Å². The maximum atomic E-state index is 11.6. The second kappa shape index (κ2) is 6.20. The molecule has 3 nitrogen and oxygen atoms in total. The number of sulfone groups is 1. The van der Waals surface area contributed by atoms with Crippen molar-refractivity contribution in [2.24, 2.45) is 0 Å². The van der Waals surface area contributed by atoms with Crippen LogP contribution in [0.15, 0.2) is 70.8 Å². The van der Waals surface area contributed by atoms with E-state index in [1.54, 1.807) is 19.1 Å². The van der Waals surface area contributed by atoms with Crippen LogP contribution in [0, 0.1) is 0 Å². The molecule has 0 heterocycles. The lowest BCUT2D eigenvalue weighted by molar-refractivity contribution is 0.407. The minimum atomic E-state index is -3.28. The molecule has 6 heteroatoms.